The summed E-state index contributed by atoms with van der Waals surface area (Å²) in [4.78, 5) is 29.6. The Kier molecular flexibility index (Phi) is 7.60. The van der Waals surface area contributed by atoms with Crippen molar-refractivity contribution in [2.45, 2.75) is 33.8 Å². The zero-order chi connectivity index (χ0) is 22.2. The fraction of sp³-hybridized carbons (Fsp3) is 0.320. The molecule has 0 atom stereocenters. The summed E-state index contributed by atoms with van der Waals surface area (Å²) in [5, 5.41) is 0.878. The van der Waals surface area contributed by atoms with Gasteiger partial charge in [-0.2, -0.15) is 0 Å². The first-order valence-electron chi connectivity index (χ1n) is 10.4. The summed E-state index contributed by atoms with van der Waals surface area (Å²) < 4.78 is 16.4. The molecule has 162 valence electrons. The standard InChI is InChI=1S/C25H27NO5/c1-4-29-24(27)20(25(28)30-5-2)15-22-17(3)23(19-13-9-10-14-21(19)26-22)31-16-18-11-7-6-8-12-18/h6-14,20H,4-5,15-16H2,1-3H3. The molecule has 3 rings (SSSR count). The normalized spacial score (nSPS) is 10.8. The lowest BCUT2D eigenvalue weighted by Crippen LogP contribution is -2.30. The van der Waals surface area contributed by atoms with Crippen LogP contribution in [0.5, 0.6) is 5.75 Å². The molecule has 0 spiro atoms. The third kappa shape index (κ3) is 5.40. The van der Waals surface area contributed by atoms with Gasteiger partial charge in [-0.3, -0.25) is 14.6 Å². The third-order valence-corrected chi connectivity index (χ3v) is 4.94. The number of hydrogen-bond acceptors (Lipinski definition) is 6. The van der Waals surface area contributed by atoms with E-state index >= 15 is 0 Å². The Morgan fingerprint density at radius 2 is 1.52 bits per heavy atom. The molecule has 0 radical (unpaired) electrons. The van der Waals surface area contributed by atoms with Crippen LogP contribution < -0.4 is 4.74 Å². The topological polar surface area (TPSA) is 74.7 Å². The first-order valence-corrected chi connectivity index (χ1v) is 10.4. The number of fused-ring (bicyclic) bond motifs is 1. The monoisotopic (exact) mass is 421 g/mol. The number of hydrogen-bond donors (Lipinski definition) is 0. The van der Waals surface area contributed by atoms with Crippen molar-refractivity contribution in [2.75, 3.05) is 13.2 Å². The molecule has 1 aromatic heterocycles. The summed E-state index contributed by atoms with van der Waals surface area (Å²) >= 11 is 0. The zero-order valence-corrected chi connectivity index (χ0v) is 18.1. The predicted molar refractivity (Wildman–Crippen MR) is 118 cm³/mol. The minimum atomic E-state index is -1.07. The smallest absolute Gasteiger partial charge is 0.320 e. The zero-order valence-electron chi connectivity index (χ0n) is 18.1. The second kappa shape index (κ2) is 10.6. The van der Waals surface area contributed by atoms with Crippen molar-refractivity contribution in [3.8, 4) is 5.75 Å². The van der Waals surface area contributed by atoms with Crippen LogP contribution in [-0.2, 0) is 32.1 Å². The Morgan fingerprint density at radius 3 is 2.16 bits per heavy atom. The number of ether oxygens (including phenoxy) is 3. The van der Waals surface area contributed by atoms with Crippen molar-refractivity contribution < 1.29 is 23.8 Å². The van der Waals surface area contributed by atoms with Gasteiger partial charge in [0.25, 0.3) is 0 Å². The highest BCUT2D eigenvalue weighted by Crippen LogP contribution is 2.32. The van der Waals surface area contributed by atoms with Crippen LogP contribution in [-0.4, -0.2) is 30.1 Å². The first kappa shape index (κ1) is 22.3. The lowest BCUT2D eigenvalue weighted by Gasteiger charge is -2.18. The van der Waals surface area contributed by atoms with E-state index in [1.807, 2.05) is 61.5 Å². The molecule has 0 amide bonds. The van der Waals surface area contributed by atoms with E-state index in [1.165, 1.54) is 0 Å². The van der Waals surface area contributed by atoms with Gasteiger partial charge in [-0.1, -0.05) is 42.5 Å². The van der Waals surface area contributed by atoms with Gasteiger partial charge in [0.2, 0.25) is 0 Å². The van der Waals surface area contributed by atoms with Crippen molar-refractivity contribution in [1.82, 2.24) is 4.98 Å². The summed E-state index contributed by atoms with van der Waals surface area (Å²) in [6.45, 7) is 6.07. The lowest BCUT2D eigenvalue weighted by atomic mass is 9.98. The maximum atomic E-state index is 12.5. The van der Waals surface area contributed by atoms with Gasteiger partial charge in [0.05, 0.1) is 18.7 Å². The Morgan fingerprint density at radius 1 is 0.903 bits per heavy atom. The first-order chi connectivity index (χ1) is 15.0. The van der Waals surface area contributed by atoms with Crippen molar-refractivity contribution in [3.05, 3.63) is 71.4 Å². The summed E-state index contributed by atoms with van der Waals surface area (Å²) in [6.07, 6.45) is 0.0794. The number of esters is 2. The summed E-state index contributed by atoms with van der Waals surface area (Å²) in [7, 11) is 0. The molecule has 0 fully saturated rings. The minimum Gasteiger partial charge on any atom is -0.488 e. The summed E-state index contributed by atoms with van der Waals surface area (Å²) in [5.74, 6) is -1.60. The van der Waals surface area contributed by atoms with Gasteiger partial charge in [-0.25, -0.2) is 0 Å². The van der Waals surface area contributed by atoms with E-state index < -0.39 is 17.9 Å². The molecule has 0 unspecified atom stereocenters. The van der Waals surface area contributed by atoms with Crippen molar-refractivity contribution in [1.29, 1.82) is 0 Å². The van der Waals surface area contributed by atoms with Crippen molar-refractivity contribution in [2.24, 2.45) is 5.92 Å². The van der Waals surface area contributed by atoms with Crippen LogP contribution in [0.2, 0.25) is 0 Å². The maximum absolute atomic E-state index is 12.5. The molecule has 0 N–H and O–H groups in total. The Balaban J connectivity index is 1.98. The van der Waals surface area contributed by atoms with E-state index in [9.17, 15) is 9.59 Å². The number of nitrogens with zero attached hydrogens (tertiary/aromatic N) is 1. The van der Waals surface area contributed by atoms with E-state index in [-0.39, 0.29) is 19.6 Å². The van der Waals surface area contributed by atoms with Gasteiger partial charge < -0.3 is 14.2 Å². The van der Waals surface area contributed by atoms with E-state index in [0.717, 1.165) is 22.0 Å². The fourth-order valence-electron chi connectivity index (χ4n) is 3.38. The lowest BCUT2D eigenvalue weighted by molar-refractivity contribution is -0.161. The molecule has 6 nitrogen and oxygen atoms in total. The van der Waals surface area contributed by atoms with E-state index in [4.69, 9.17) is 19.2 Å². The van der Waals surface area contributed by atoms with Crippen molar-refractivity contribution in [3.63, 3.8) is 0 Å². The number of rotatable bonds is 9. The Labute approximate surface area is 182 Å². The highest BCUT2D eigenvalue weighted by atomic mass is 16.6. The molecule has 0 aliphatic heterocycles. The van der Waals surface area contributed by atoms with Crippen LogP contribution in [0.4, 0.5) is 0 Å². The third-order valence-electron chi connectivity index (χ3n) is 4.94. The van der Waals surface area contributed by atoms with Crippen LogP contribution in [0.1, 0.15) is 30.7 Å². The van der Waals surface area contributed by atoms with Gasteiger partial charge in [-0.05, 0) is 38.5 Å². The van der Waals surface area contributed by atoms with Crippen LogP contribution in [0, 0.1) is 12.8 Å². The van der Waals surface area contributed by atoms with Gasteiger partial charge in [0, 0.05) is 23.1 Å². The van der Waals surface area contributed by atoms with Gasteiger partial charge in [-0.15, -0.1) is 0 Å². The molecule has 31 heavy (non-hydrogen) atoms. The molecule has 6 heteroatoms. The van der Waals surface area contributed by atoms with E-state index in [0.29, 0.717) is 18.1 Å². The summed E-state index contributed by atoms with van der Waals surface area (Å²) in [6, 6.07) is 17.5. The second-order valence-corrected chi connectivity index (χ2v) is 7.06. The molecule has 1 heterocycles. The minimum absolute atomic E-state index is 0.0794. The molecule has 3 aromatic rings. The van der Waals surface area contributed by atoms with E-state index in [2.05, 4.69) is 0 Å². The number of benzene rings is 2. The highest BCUT2D eigenvalue weighted by Gasteiger charge is 2.31. The number of carbonyl (C=O) groups excluding carboxylic acids is 2. The molecular formula is C25H27NO5. The van der Waals surface area contributed by atoms with Gasteiger partial charge in [0.1, 0.15) is 12.4 Å². The molecule has 0 saturated carbocycles. The molecule has 0 aliphatic carbocycles. The van der Waals surface area contributed by atoms with Gasteiger partial charge in [0.15, 0.2) is 5.92 Å². The highest BCUT2D eigenvalue weighted by molar-refractivity contribution is 5.95. The van der Waals surface area contributed by atoms with Crippen LogP contribution in [0.15, 0.2) is 54.6 Å². The maximum Gasteiger partial charge on any atom is 0.320 e. The fourth-order valence-corrected chi connectivity index (χ4v) is 3.38. The molecular weight excluding hydrogens is 394 g/mol. The van der Waals surface area contributed by atoms with Crippen molar-refractivity contribution >= 4 is 22.8 Å². The van der Waals surface area contributed by atoms with Crippen LogP contribution in [0.25, 0.3) is 10.9 Å². The Hall–Kier alpha value is -3.41. The quantitative estimate of drug-likeness (QED) is 0.376. The Bertz CT molecular complexity index is 1030. The predicted octanol–water partition coefficient (Wildman–Crippen LogP) is 4.41. The number of carbonyl (C=O) groups is 2. The molecule has 0 saturated heterocycles. The second-order valence-electron chi connectivity index (χ2n) is 7.06. The van der Waals surface area contributed by atoms with Gasteiger partial charge >= 0.3 is 11.9 Å². The number of para-hydroxylation sites is 1. The molecule has 0 bridgehead atoms. The number of pyridine rings is 1. The number of aromatic nitrogens is 1. The SMILES string of the molecule is CCOC(=O)C(Cc1nc2ccccc2c(OCc2ccccc2)c1C)C(=O)OCC. The molecule has 2 aromatic carbocycles. The summed E-state index contributed by atoms with van der Waals surface area (Å²) in [5.41, 5.74) is 3.17. The van der Waals surface area contributed by atoms with E-state index in [1.54, 1.807) is 13.8 Å². The van der Waals surface area contributed by atoms with Crippen LogP contribution >= 0.6 is 0 Å². The molecule has 0 aliphatic rings. The average molecular weight is 421 g/mol. The largest absolute Gasteiger partial charge is 0.488 e. The van der Waals surface area contributed by atoms with Crippen LogP contribution in [0.3, 0.4) is 0 Å². The average Bonchev–Trinajstić information content (AvgIpc) is 2.78.